The van der Waals surface area contributed by atoms with E-state index in [0.717, 1.165) is 55.7 Å². The van der Waals surface area contributed by atoms with Crippen molar-refractivity contribution in [3.63, 3.8) is 0 Å². The number of para-hydroxylation sites is 5. The highest BCUT2D eigenvalue weighted by Gasteiger charge is 2.20. The largest absolute Gasteiger partial charge is 0.292 e. The van der Waals surface area contributed by atoms with E-state index >= 15 is 0 Å². The van der Waals surface area contributed by atoms with Crippen LogP contribution in [0.3, 0.4) is 0 Å². The smallest absolute Gasteiger partial charge is 0.146 e. The SMILES string of the molecule is c1ccc(-n2c(-c3ccc(-c4c5ccccc5c(-c5ccc6c7ccccc7c7nc8ccccc8n7c6c5)c5ccccc45)cc3)nc3ccccc32)cc1. The van der Waals surface area contributed by atoms with Crippen LogP contribution in [-0.2, 0) is 0 Å². The number of fused-ring (bicyclic) bond motifs is 11. The molecule has 4 nitrogen and oxygen atoms in total. The van der Waals surface area contributed by atoms with Gasteiger partial charge in [0.15, 0.2) is 0 Å². The number of hydrogen-bond donors (Lipinski definition) is 0. The number of nitrogens with zero attached hydrogens (tertiary/aromatic N) is 4. The van der Waals surface area contributed by atoms with Crippen molar-refractivity contribution in [3.8, 4) is 39.3 Å². The Labute approximate surface area is 322 Å². The van der Waals surface area contributed by atoms with E-state index in [1.807, 2.05) is 0 Å². The Morgan fingerprint density at radius 1 is 0.321 bits per heavy atom. The van der Waals surface area contributed by atoms with Crippen LogP contribution in [0.15, 0.2) is 194 Å². The normalized spacial score (nSPS) is 11.9. The van der Waals surface area contributed by atoms with Crippen molar-refractivity contribution in [2.45, 2.75) is 0 Å². The molecule has 0 atom stereocenters. The molecule has 56 heavy (non-hydrogen) atoms. The molecule has 0 amide bonds. The Bertz CT molecular complexity index is 3460. The molecule has 0 aliphatic rings. The van der Waals surface area contributed by atoms with Crippen LogP contribution in [0.2, 0.25) is 0 Å². The second-order valence-corrected chi connectivity index (χ2v) is 14.6. The Morgan fingerprint density at radius 2 is 0.821 bits per heavy atom. The highest BCUT2D eigenvalue weighted by atomic mass is 15.1. The van der Waals surface area contributed by atoms with E-state index < -0.39 is 0 Å². The summed E-state index contributed by atoms with van der Waals surface area (Å²) in [4.78, 5) is 10.3. The quantitative estimate of drug-likeness (QED) is 0.134. The first-order chi connectivity index (χ1) is 27.8. The van der Waals surface area contributed by atoms with Crippen LogP contribution in [0, 0.1) is 0 Å². The average molecular weight is 713 g/mol. The zero-order chi connectivity index (χ0) is 36.7. The lowest BCUT2D eigenvalue weighted by Crippen LogP contribution is -1.97. The Balaban J connectivity index is 1.08. The van der Waals surface area contributed by atoms with Gasteiger partial charge in [-0.2, -0.15) is 0 Å². The van der Waals surface area contributed by atoms with E-state index in [2.05, 4.69) is 203 Å². The van der Waals surface area contributed by atoms with Gasteiger partial charge in [-0.1, -0.05) is 152 Å². The third-order valence-corrected chi connectivity index (χ3v) is 11.5. The van der Waals surface area contributed by atoms with Crippen molar-refractivity contribution in [1.82, 2.24) is 18.9 Å². The summed E-state index contributed by atoms with van der Waals surface area (Å²) in [6.07, 6.45) is 0. The van der Waals surface area contributed by atoms with Crippen LogP contribution in [0.5, 0.6) is 0 Å². The molecule has 0 radical (unpaired) electrons. The second kappa shape index (κ2) is 12.0. The van der Waals surface area contributed by atoms with Crippen molar-refractivity contribution >= 4 is 70.9 Å². The van der Waals surface area contributed by atoms with Gasteiger partial charge in [-0.3, -0.25) is 8.97 Å². The van der Waals surface area contributed by atoms with Gasteiger partial charge in [-0.25, -0.2) is 9.97 Å². The molecule has 12 aromatic rings. The van der Waals surface area contributed by atoms with Gasteiger partial charge in [0.05, 0.1) is 27.6 Å². The summed E-state index contributed by atoms with van der Waals surface area (Å²) in [5.74, 6) is 0.929. The minimum atomic E-state index is 0.929. The third-order valence-electron chi connectivity index (χ3n) is 11.5. The van der Waals surface area contributed by atoms with Crippen LogP contribution < -0.4 is 0 Å². The maximum absolute atomic E-state index is 5.16. The predicted molar refractivity (Wildman–Crippen MR) is 234 cm³/mol. The van der Waals surface area contributed by atoms with E-state index in [-0.39, 0.29) is 0 Å². The standard InChI is InChI=1S/C52H32N4/c1-2-14-36(15-3-1)55-46-24-12-10-22-44(46)53-51(55)34-28-26-33(27-29-34)49-39-17-5-7-19-41(39)50(42-20-8-6-18-40(42)49)35-30-31-38-37-16-4-9-21-43(37)52-54-45-23-11-13-25-47(45)56(52)48(38)32-35/h1-32H. The number of hydrogen-bond acceptors (Lipinski definition) is 2. The summed E-state index contributed by atoms with van der Waals surface area (Å²) in [6, 6.07) is 69.7. The van der Waals surface area contributed by atoms with E-state index in [1.54, 1.807) is 0 Å². The summed E-state index contributed by atoms with van der Waals surface area (Å²) in [6.45, 7) is 0. The summed E-state index contributed by atoms with van der Waals surface area (Å²) in [5, 5.41) is 8.49. The molecule has 0 saturated carbocycles. The van der Waals surface area contributed by atoms with Crippen LogP contribution in [0.25, 0.3) is 110 Å². The Morgan fingerprint density at radius 3 is 1.50 bits per heavy atom. The molecule has 4 heteroatoms. The van der Waals surface area contributed by atoms with Crippen molar-refractivity contribution < 1.29 is 0 Å². The van der Waals surface area contributed by atoms with Crippen LogP contribution >= 0.6 is 0 Å². The molecular formula is C52H32N4. The number of rotatable bonds is 4. The molecule has 0 spiro atoms. The van der Waals surface area contributed by atoms with Gasteiger partial charge in [0.25, 0.3) is 0 Å². The number of aromatic nitrogens is 4. The minimum Gasteiger partial charge on any atom is -0.292 e. The zero-order valence-electron chi connectivity index (χ0n) is 30.3. The monoisotopic (exact) mass is 712 g/mol. The lowest BCUT2D eigenvalue weighted by atomic mass is 9.85. The van der Waals surface area contributed by atoms with Gasteiger partial charge in [0.2, 0.25) is 0 Å². The molecule has 3 aromatic heterocycles. The fourth-order valence-corrected chi connectivity index (χ4v) is 9.06. The minimum absolute atomic E-state index is 0.929. The van der Waals surface area contributed by atoms with Crippen LogP contribution in [0.1, 0.15) is 0 Å². The molecular weight excluding hydrogens is 681 g/mol. The maximum atomic E-state index is 5.16. The summed E-state index contributed by atoms with van der Waals surface area (Å²) in [7, 11) is 0. The molecule has 260 valence electrons. The topological polar surface area (TPSA) is 35.1 Å². The first-order valence-corrected chi connectivity index (χ1v) is 19.1. The molecule has 0 saturated heterocycles. The van der Waals surface area contributed by atoms with Gasteiger partial charge in [-0.05, 0) is 91.6 Å². The van der Waals surface area contributed by atoms with Gasteiger partial charge in [0, 0.05) is 22.0 Å². The van der Waals surface area contributed by atoms with E-state index in [4.69, 9.17) is 9.97 Å². The fourth-order valence-electron chi connectivity index (χ4n) is 9.06. The number of imidazole rings is 2. The number of pyridine rings is 1. The van der Waals surface area contributed by atoms with E-state index in [9.17, 15) is 0 Å². The fraction of sp³-hybridized carbons (Fsp3) is 0. The van der Waals surface area contributed by atoms with Crippen molar-refractivity contribution in [2.24, 2.45) is 0 Å². The Kier molecular flexibility index (Phi) is 6.60. The van der Waals surface area contributed by atoms with Gasteiger partial charge in [-0.15, -0.1) is 0 Å². The summed E-state index contributed by atoms with van der Waals surface area (Å²) >= 11 is 0. The van der Waals surface area contributed by atoms with Crippen molar-refractivity contribution in [2.75, 3.05) is 0 Å². The zero-order valence-corrected chi connectivity index (χ0v) is 30.3. The molecule has 9 aromatic carbocycles. The highest BCUT2D eigenvalue weighted by Crippen LogP contribution is 2.45. The predicted octanol–water partition coefficient (Wildman–Crippen LogP) is 13.4. The molecule has 0 aliphatic heterocycles. The van der Waals surface area contributed by atoms with Gasteiger partial charge >= 0.3 is 0 Å². The summed E-state index contributed by atoms with van der Waals surface area (Å²) in [5.41, 5.74) is 13.3. The van der Waals surface area contributed by atoms with Gasteiger partial charge < -0.3 is 0 Å². The first-order valence-electron chi connectivity index (χ1n) is 19.1. The molecule has 12 rings (SSSR count). The van der Waals surface area contributed by atoms with E-state index in [0.29, 0.717) is 0 Å². The van der Waals surface area contributed by atoms with Crippen LogP contribution in [-0.4, -0.2) is 18.9 Å². The van der Waals surface area contributed by atoms with Crippen molar-refractivity contribution in [3.05, 3.63) is 194 Å². The second-order valence-electron chi connectivity index (χ2n) is 14.6. The lowest BCUT2D eigenvalue weighted by Gasteiger charge is -2.19. The highest BCUT2D eigenvalue weighted by molar-refractivity contribution is 6.22. The molecule has 0 bridgehead atoms. The third kappa shape index (κ3) is 4.47. The molecule has 0 unspecified atom stereocenters. The molecule has 0 aliphatic carbocycles. The molecule has 0 fully saturated rings. The molecule has 3 heterocycles. The lowest BCUT2D eigenvalue weighted by molar-refractivity contribution is 1.10. The van der Waals surface area contributed by atoms with Crippen molar-refractivity contribution in [1.29, 1.82) is 0 Å². The average Bonchev–Trinajstić information content (AvgIpc) is 3.86. The van der Waals surface area contributed by atoms with Crippen LogP contribution in [0.4, 0.5) is 0 Å². The maximum Gasteiger partial charge on any atom is 0.146 e. The van der Waals surface area contributed by atoms with Gasteiger partial charge in [0.1, 0.15) is 11.5 Å². The Hall–Kier alpha value is -7.56. The molecule has 0 N–H and O–H groups in total. The van der Waals surface area contributed by atoms with E-state index in [1.165, 1.54) is 54.6 Å². The first kappa shape index (κ1) is 30.9. The number of benzene rings is 9. The summed E-state index contributed by atoms with van der Waals surface area (Å²) < 4.78 is 4.61.